The molecular weight excluding hydrogens is 279 g/mol. The highest BCUT2D eigenvalue weighted by molar-refractivity contribution is 5.33. The molecular formula is C16H16F3NO. The fraction of sp³-hybridized carbons (Fsp3) is 0.250. The second kappa shape index (κ2) is 6.18. The molecule has 0 aliphatic rings. The predicted octanol–water partition coefficient (Wildman–Crippen LogP) is 4.39. The van der Waals surface area contributed by atoms with Crippen molar-refractivity contribution < 1.29 is 17.9 Å². The minimum absolute atomic E-state index is 0.0210. The van der Waals surface area contributed by atoms with E-state index < -0.39 is 12.4 Å². The Kier molecular flexibility index (Phi) is 4.53. The van der Waals surface area contributed by atoms with Crippen molar-refractivity contribution in [1.82, 2.24) is 0 Å². The van der Waals surface area contributed by atoms with Gasteiger partial charge >= 0.3 is 6.36 Å². The van der Waals surface area contributed by atoms with Crippen LogP contribution in [-0.4, -0.2) is 6.36 Å². The Morgan fingerprint density at radius 3 is 2.19 bits per heavy atom. The molecule has 112 valence electrons. The van der Waals surface area contributed by atoms with Crippen LogP contribution in [0.3, 0.4) is 0 Å². The Hall–Kier alpha value is -2.01. The normalized spacial score (nSPS) is 14.5. The van der Waals surface area contributed by atoms with Gasteiger partial charge in [0.25, 0.3) is 0 Å². The van der Waals surface area contributed by atoms with Gasteiger partial charge in [-0.15, -0.1) is 13.2 Å². The molecule has 0 aliphatic carbocycles. The summed E-state index contributed by atoms with van der Waals surface area (Å²) in [7, 11) is 0. The fourth-order valence-corrected chi connectivity index (χ4v) is 2.17. The lowest BCUT2D eigenvalue weighted by molar-refractivity contribution is -0.274. The summed E-state index contributed by atoms with van der Waals surface area (Å²) in [5, 5.41) is 0. The van der Waals surface area contributed by atoms with Gasteiger partial charge in [-0.25, -0.2) is 0 Å². The topological polar surface area (TPSA) is 35.2 Å². The summed E-state index contributed by atoms with van der Waals surface area (Å²) in [5.41, 5.74) is 7.81. The van der Waals surface area contributed by atoms with E-state index >= 15 is 0 Å². The third-order valence-corrected chi connectivity index (χ3v) is 3.34. The third kappa shape index (κ3) is 4.23. The summed E-state index contributed by atoms with van der Waals surface area (Å²) in [6, 6.07) is 15.0. The number of nitrogens with two attached hydrogens (primary N) is 1. The van der Waals surface area contributed by atoms with Crippen LogP contribution in [-0.2, 0) is 0 Å². The lowest BCUT2D eigenvalue weighted by Crippen LogP contribution is -2.19. The van der Waals surface area contributed by atoms with Gasteiger partial charge in [-0.05, 0) is 23.3 Å². The molecule has 5 heteroatoms. The molecule has 2 atom stereocenters. The molecule has 2 aromatic rings. The SMILES string of the molecule is CC(c1ccccc1)C(N)c1cccc(OC(F)(F)F)c1. The Bertz CT molecular complexity index is 584. The van der Waals surface area contributed by atoms with Gasteiger partial charge in [-0.2, -0.15) is 0 Å². The minimum atomic E-state index is -4.70. The number of halogens is 3. The van der Waals surface area contributed by atoms with Crippen molar-refractivity contribution in [2.24, 2.45) is 5.73 Å². The zero-order chi connectivity index (χ0) is 15.5. The highest BCUT2D eigenvalue weighted by atomic mass is 19.4. The molecule has 0 bridgehead atoms. The molecule has 2 aromatic carbocycles. The molecule has 0 heterocycles. The van der Waals surface area contributed by atoms with Crippen LogP contribution in [0.5, 0.6) is 5.75 Å². The van der Waals surface area contributed by atoms with Crippen LogP contribution in [0.25, 0.3) is 0 Å². The average Bonchev–Trinajstić information content (AvgIpc) is 2.45. The molecule has 2 unspecified atom stereocenters. The van der Waals surface area contributed by atoms with Crippen LogP contribution < -0.4 is 10.5 Å². The van der Waals surface area contributed by atoms with Crippen molar-refractivity contribution in [2.45, 2.75) is 25.2 Å². The van der Waals surface area contributed by atoms with Crippen LogP contribution in [0, 0.1) is 0 Å². The number of hydrogen-bond acceptors (Lipinski definition) is 2. The summed E-state index contributed by atoms with van der Waals surface area (Å²) in [4.78, 5) is 0. The number of hydrogen-bond donors (Lipinski definition) is 1. The number of alkyl halides is 3. The maximum absolute atomic E-state index is 12.2. The Labute approximate surface area is 121 Å². The molecule has 0 aromatic heterocycles. The Balaban J connectivity index is 2.19. The van der Waals surface area contributed by atoms with Gasteiger partial charge in [0.2, 0.25) is 0 Å². The molecule has 2 N–H and O–H groups in total. The van der Waals surface area contributed by atoms with E-state index in [1.165, 1.54) is 18.2 Å². The van der Waals surface area contributed by atoms with Crippen LogP contribution >= 0.6 is 0 Å². The van der Waals surface area contributed by atoms with E-state index in [1.807, 2.05) is 37.3 Å². The molecule has 0 radical (unpaired) electrons. The van der Waals surface area contributed by atoms with Gasteiger partial charge in [0.1, 0.15) is 5.75 Å². The van der Waals surface area contributed by atoms with Crippen molar-refractivity contribution in [3.05, 3.63) is 65.7 Å². The van der Waals surface area contributed by atoms with Crippen LogP contribution in [0.4, 0.5) is 13.2 Å². The number of benzene rings is 2. The number of rotatable bonds is 4. The molecule has 2 rings (SSSR count). The second-order valence-corrected chi connectivity index (χ2v) is 4.85. The maximum Gasteiger partial charge on any atom is 0.573 e. The van der Waals surface area contributed by atoms with E-state index in [-0.39, 0.29) is 11.7 Å². The molecule has 0 spiro atoms. The summed E-state index contributed by atoms with van der Waals surface area (Å²) in [6.07, 6.45) is -4.70. The van der Waals surface area contributed by atoms with Crippen molar-refractivity contribution in [1.29, 1.82) is 0 Å². The molecule has 0 fully saturated rings. The van der Waals surface area contributed by atoms with Crippen molar-refractivity contribution in [2.75, 3.05) is 0 Å². The quantitative estimate of drug-likeness (QED) is 0.908. The highest BCUT2D eigenvalue weighted by Gasteiger charge is 2.31. The largest absolute Gasteiger partial charge is 0.573 e. The lowest BCUT2D eigenvalue weighted by Gasteiger charge is -2.21. The standard InChI is InChI=1S/C16H16F3NO/c1-11(12-6-3-2-4-7-12)15(20)13-8-5-9-14(10-13)21-16(17,18)19/h2-11,15H,20H2,1H3. The molecule has 0 saturated heterocycles. The first-order valence-electron chi connectivity index (χ1n) is 6.53. The van der Waals surface area contributed by atoms with E-state index in [0.717, 1.165) is 5.56 Å². The molecule has 0 saturated carbocycles. The van der Waals surface area contributed by atoms with Crippen LogP contribution in [0.1, 0.15) is 30.0 Å². The zero-order valence-electron chi connectivity index (χ0n) is 11.5. The van der Waals surface area contributed by atoms with E-state index in [2.05, 4.69) is 4.74 Å². The van der Waals surface area contributed by atoms with Gasteiger partial charge < -0.3 is 10.5 Å². The van der Waals surface area contributed by atoms with Gasteiger partial charge in [0, 0.05) is 12.0 Å². The van der Waals surface area contributed by atoms with Crippen molar-refractivity contribution in [3.63, 3.8) is 0 Å². The second-order valence-electron chi connectivity index (χ2n) is 4.85. The first kappa shape index (κ1) is 15.4. The monoisotopic (exact) mass is 295 g/mol. The summed E-state index contributed by atoms with van der Waals surface area (Å²) >= 11 is 0. The summed E-state index contributed by atoms with van der Waals surface area (Å²) in [5.74, 6) is -0.275. The zero-order valence-corrected chi connectivity index (χ0v) is 11.5. The minimum Gasteiger partial charge on any atom is -0.406 e. The predicted molar refractivity (Wildman–Crippen MR) is 74.9 cm³/mol. The van der Waals surface area contributed by atoms with Crippen LogP contribution in [0.15, 0.2) is 54.6 Å². The first-order valence-corrected chi connectivity index (χ1v) is 6.53. The van der Waals surface area contributed by atoms with E-state index in [1.54, 1.807) is 6.07 Å². The lowest BCUT2D eigenvalue weighted by atomic mass is 9.89. The summed E-state index contributed by atoms with van der Waals surface area (Å²) in [6.45, 7) is 1.94. The smallest absolute Gasteiger partial charge is 0.406 e. The first-order chi connectivity index (χ1) is 9.87. The van der Waals surface area contributed by atoms with E-state index in [9.17, 15) is 13.2 Å². The van der Waals surface area contributed by atoms with Gasteiger partial charge in [0.15, 0.2) is 0 Å². The number of ether oxygens (including phenoxy) is 1. The Morgan fingerprint density at radius 2 is 1.57 bits per heavy atom. The summed E-state index contributed by atoms with van der Waals surface area (Å²) < 4.78 is 40.7. The van der Waals surface area contributed by atoms with Crippen LogP contribution in [0.2, 0.25) is 0 Å². The molecule has 2 nitrogen and oxygen atoms in total. The third-order valence-electron chi connectivity index (χ3n) is 3.34. The van der Waals surface area contributed by atoms with Gasteiger partial charge in [-0.1, -0.05) is 49.4 Å². The highest BCUT2D eigenvalue weighted by Crippen LogP contribution is 2.31. The fourth-order valence-electron chi connectivity index (χ4n) is 2.17. The molecule has 21 heavy (non-hydrogen) atoms. The van der Waals surface area contributed by atoms with E-state index in [4.69, 9.17) is 5.73 Å². The van der Waals surface area contributed by atoms with E-state index in [0.29, 0.717) is 5.56 Å². The molecule has 0 amide bonds. The maximum atomic E-state index is 12.2. The molecule has 0 aliphatic heterocycles. The average molecular weight is 295 g/mol. The van der Waals surface area contributed by atoms with Crippen molar-refractivity contribution in [3.8, 4) is 5.75 Å². The van der Waals surface area contributed by atoms with Gasteiger partial charge in [-0.3, -0.25) is 0 Å². The Morgan fingerprint density at radius 1 is 0.952 bits per heavy atom. The van der Waals surface area contributed by atoms with Gasteiger partial charge in [0.05, 0.1) is 0 Å². The van der Waals surface area contributed by atoms with Crippen molar-refractivity contribution >= 4 is 0 Å².